The van der Waals surface area contributed by atoms with Crippen LogP contribution in [0.25, 0.3) is 0 Å². The third kappa shape index (κ3) is 5.49. The van der Waals surface area contributed by atoms with Crippen molar-refractivity contribution in [2.45, 2.75) is 23.8 Å². The van der Waals surface area contributed by atoms with Crippen molar-refractivity contribution in [2.75, 3.05) is 18.8 Å². The van der Waals surface area contributed by atoms with Gasteiger partial charge in [-0.3, -0.25) is 9.59 Å². The number of carbonyl (C=O) groups is 2. The van der Waals surface area contributed by atoms with Crippen molar-refractivity contribution in [1.29, 1.82) is 0 Å². The fourth-order valence-electron chi connectivity index (χ4n) is 2.33. The smallest absolute Gasteiger partial charge is 0.251 e. The molecule has 0 saturated carbocycles. The molecule has 0 aliphatic carbocycles. The van der Waals surface area contributed by atoms with E-state index in [9.17, 15) is 18.0 Å². The molecule has 0 spiro atoms. The summed E-state index contributed by atoms with van der Waals surface area (Å²) in [6, 6.07) is 5.57. The number of hydrogen-bond acceptors (Lipinski definition) is 5. The molecule has 1 aliphatic heterocycles. The van der Waals surface area contributed by atoms with Gasteiger partial charge in [0.1, 0.15) is 5.75 Å². The lowest BCUT2D eigenvalue weighted by Gasteiger charge is -2.23. The van der Waals surface area contributed by atoms with E-state index in [2.05, 4.69) is 10.6 Å². The summed E-state index contributed by atoms with van der Waals surface area (Å²) >= 11 is 0. The molecule has 2 amide bonds. The molecule has 2 rings (SSSR count). The Morgan fingerprint density at radius 2 is 1.91 bits per heavy atom. The lowest BCUT2D eigenvalue weighted by Crippen LogP contribution is -2.45. The van der Waals surface area contributed by atoms with Crippen LogP contribution in [-0.2, 0) is 14.6 Å². The first kappa shape index (κ1) is 19.4. The topological polar surface area (TPSA) is 118 Å². The summed E-state index contributed by atoms with van der Waals surface area (Å²) in [6.45, 7) is 1.69. The first-order valence-corrected chi connectivity index (χ1v) is 8.66. The summed E-state index contributed by atoms with van der Waals surface area (Å²) in [7, 11) is -3.75. The largest absolute Gasteiger partial charge is 0.369 e. The van der Waals surface area contributed by atoms with E-state index in [1.165, 1.54) is 24.3 Å². The number of carbonyl (C=O) groups excluding carboxylic acids is 2. The van der Waals surface area contributed by atoms with Crippen LogP contribution in [0.4, 0.5) is 0 Å². The van der Waals surface area contributed by atoms with E-state index in [1.54, 1.807) is 0 Å². The number of halogens is 1. The summed E-state index contributed by atoms with van der Waals surface area (Å²) in [5, 5.41) is 6.10. The fourth-order valence-corrected chi connectivity index (χ4v) is 3.42. The Bertz CT molecular complexity index is 655. The standard InChI is InChI=1S/C14H19N3O4S.ClH/c15-13(18)9-22(20,21)12-5-3-10(4-6-12)14(19)17-11-2-1-7-16-8-11;/h3-6,11,16H,1-2,7-9H2,(H2,15,18)(H,17,19);1H/t11-;/m0./s1. The van der Waals surface area contributed by atoms with Gasteiger partial charge < -0.3 is 16.4 Å². The highest BCUT2D eigenvalue weighted by atomic mass is 35.5. The number of benzene rings is 1. The SMILES string of the molecule is Cl.NC(=O)CS(=O)(=O)c1ccc(C(=O)N[C@H]2CCCNC2)cc1. The number of nitrogens with two attached hydrogens (primary N) is 1. The van der Waals surface area contributed by atoms with Crippen LogP contribution >= 0.6 is 12.4 Å². The van der Waals surface area contributed by atoms with Crippen LogP contribution in [0.1, 0.15) is 23.2 Å². The molecule has 1 aromatic rings. The van der Waals surface area contributed by atoms with Crippen molar-refractivity contribution in [3.8, 4) is 0 Å². The van der Waals surface area contributed by atoms with Gasteiger partial charge >= 0.3 is 0 Å². The van der Waals surface area contributed by atoms with Crippen molar-refractivity contribution in [3.05, 3.63) is 29.8 Å². The van der Waals surface area contributed by atoms with Crippen LogP contribution in [0.15, 0.2) is 29.2 Å². The predicted octanol–water partition coefficient (Wildman–Crippen LogP) is -0.151. The van der Waals surface area contributed by atoms with Crippen molar-refractivity contribution in [1.82, 2.24) is 10.6 Å². The molecule has 0 bridgehead atoms. The molecule has 9 heteroatoms. The molecular weight excluding hydrogens is 342 g/mol. The Morgan fingerprint density at radius 1 is 1.26 bits per heavy atom. The van der Waals surface area contributed by atoms with Crippen LogP contribution in [-0.4, -0.2) is 45.1 Å². The van der Waals surface area contributed by atoms with Gasteiger partial charge in [0.05, 0.1) is 4.90 Å². The second kappa shape index (κ2) is 8.28. The molecule has 1 atom stereocenters. The Kier molecular flexibility index (Phi) is 6.99. The maximum Gasteiger partial charge on any atom is 0.251 e. The first-order valence-electron chi connectivity index (χ1n) is 7.01. The van der Waals surface area contributed by atoms with E-state index in [0.29, 0.717) is 5.56 Å². The van der Waals surface area contributed by atoms with Crippen molar-refractivity contribution < 1.29 is 18.0 Å². The quantitative estimate of drug-likeness (QED) is 0.674. The second-order valence-electron chi connectivity index (χ2n) is 5.27. The van der Waals surface area contributed by atoms with Gasteiger partial charge in [-0.1, -0.05) is 0 Å². The average Bonchev–Trinajstić information content (AvgIpc) is 2.47. The van der Waals surface area contributed by atoms with E-state index in [0.717, 1.165) is 25.9 Å². The highest BCUT2D eigenvalue weighted by Crippen LogP contribution is 2.13. The normalized spacial score (nSPS) is 17.8. The third-order valence-corrected chi connectivity index (χ3v) is 5.09. The number of piperidine rings is 1. The van der Waals surface area contributed by atoms with Crippen molar-refractivity contribution in [3.63, 3.8) is 0 Å². The van der Waals surface area contributed by atoms with Gasteiger partial charge in [-0.05, 0) is 43.7 Å². The van der Waals surface area contributed by atoms with Gasteiger partial charge in [-0.2, -0.15) is 0 Å². The molecule has 0 aromatic heterocycles. The molecule has 0 radical (unpaired) electrons. The van der Waals surface area contributed by atoms with Crippen LogP contribution in [0.3, 0.4) is 0 Å². The number of sulfone groups is 1. The molecule has 0 unspecified atom stereocenters. The Labute approximate surface area is 141 Å². The van der Waals surface area contributed by atoms with E-state index >= 15 is 0 Å². The minimum atomic E-state index is -3.75. The van der Waals surface area contributed by atoms with Gasteiger partial charge in [-0.15, -0.1) is 12.4 Å². The van der Waals surface area contributed by atoms with Gasteiger partial charge in [0.2, 0.25) is 5.91 Å². The Morgan fingerprint density at radius 3 is 2.43 bits per heavy atom. The van der Waals surface area contributed by atoms with Crippen LogP contribution in [0.2, 0.25) is 0 Å². The van der Waals surface area contributed by atoms with Crippen molar-refractivity contribution in [2.24, 2.45) is 5.73 Å². The monoisotopic (exact) mass is 361 g/mol. The highest BCUT2D eigenvalue weighted by molar-refractivity contribution is 7.92. The van der Waals surface area contributed by atoms with Gasteiger partial charge in [-0.25, -0.2) is 8.42 Å². The Hall–Kier alpha value is -1.64. The zero-order chi connectivity index (χ0) is 16.2. The molecule has 1 fully saturated rings. The Balaban J connectivity index is 0.00000264. The van der Waals surface area contributed by atoms with Crippen LogP contribution in [0, 0.1) is 0 Å². The van der Waals surface area contributed by atoms with Gasteiger partial charge in [0.25, 0.3) is 5.91 Å². The zero-order valence-corrected chi connectivity index (χ0v) is 14.1. The number of amides is 2. The highest BCUT2D eigenvalue weighted by Gasteiger charge is 2.19. The third-order valence-electron chi connectivity index (χ3n) is 3.44. The molecule has 1 saturated heterocycles. The molecule has 1 heterocycles. The zero-order valence-electron chi connectivity index (χ0n) is 12.4. The minimum Gasteiger partial charge on any atom is -0.369 e. The van der Waals surface area contributed by atoms with Crippen molar-refractivity contribution >= 4 is 34.1 Å². The summed E-state index contributed by atoms with van der Waals surface area (Å²) in [5.41, 5.74) is 5.29. The molecule has 4 N–H and O–H groups in total. The average molecular weight is 362 g/mol. The number of hydrogen-bond donors (Lipinski definition) is 3. The second-order valence-corrected chi connectivity index (χ2v) is 7.26. The maximum absolute atomic E-state index is 12.1. The van der Waals surface area contributed by atoms with Crippen LogP contribution in [0.5, 0.6) is 0 Å². The fraction of sp³-hybridized carbons (Fsp3) is 0.429. The van der Waals surface area contributed by atoms with E-state index in [-0.39, 0.29) is 29.3 Å². The minimum absolute atomic E-state index is 0. The van der Waals surface area contributed by atoms with E-state index in [4.69, 9.17) is 5.73 Å². The number of primary amides is 1. The van der Waals surface area contributed by atoms with Gasteiger partial charge in [0, 0.05) is 18.2 Å². The van der Waals surface area contributed by atoms with E-state index in [1.807, 2.05) is 0 Å². The summed E-state index contributed by atoms with van der Waals surface area (Å²) < 4.78 is 23.7. The summed E-state index contributed by atoms with van der Waals surface area (Å²) in [4.78, 5) is 22.8. The number of nitrogens with one attached hydrogen (secondary N) is 2. The molecular formula is C14H20ClN3O4S. The van der Waals surface area contributed by atoms with E-state index < -0.39 is 21.5 Å². The maximum atomic E-state index is 12.1. The molecule has 1 aliphatic rings. The lowest BCUT2D eigenvalue weighted by molar-refractivity contribution is -0.115. The predicted molar refractivity (Wildman–Crippen MR) is 88.3 cm³/mol. The summed E-state index contributed by atoms with van der Waals surface area (Å²) in [5.74, 6) is -1.90. The molecule has 128 valence electrons. The summed E-state index contributed by atoms with van der Waals surface area (Å²) in [6.07, 6.45) is 1.93. The molecule has 23 heavy (non-hydrogen) atoms. The van der Waals surface area contributed by atoms with Crippen LogP contribution < -0.4 is 16.4 Å². The van der Waals surface area contributed by atoms with Gasteiger partial charge in [0.15, 0.2) is 9.84 Å². The molecule has 7 nitrogen and oxygen atoms in total. The first-order chi connectivity index (χ1) is 10.4. The lowest BCUT2D eigenvalue weighted by atomic mass is 10.1. The molecule has 1 aromatic carbocycles. The number of rotatable bonds is 5.